The van der Waals surface area contributed by atoms with Crippen LogP contribution in [0.15, 0.2) is 12.3 Å². The Balaban J connectivity index is 1.12. The van der Waals surface area contributed by atoms with Crippen LogP contribution in [0, 0.1) is 11.8 Å². The fourth-order valence-electron chi connectivity index (χ4n) is 5.30. The van der Waals surface area contributed by atoms with Gasteiger partial charge in [-0.2, -0.15) is 13.2 Å². The molecule has 0 aromatic carbocycles. The van der Waals surface area contributed by atoms with Crippen LogP contribution in [0.3, 0.4) is 0 Å². The monoisotopic (exact) mass is 453 g/mol. The van der Waals surface area contributed by atoms with Gasteiger partial charge >= 0.3 is 6.18 Å². The largest absolute Gasteiger partial charge is 0.489 e. The fraction of sp³-hybridized carbons (Fsp3) is 0.750. The molecule has 32 heavy (non-hydrogen) atoms. The van der Waals surface area contributed by atoms with E-state index in [1.807, 2.05) is 6.20 Å². The van der Waals surface area contributed by atoms with Crippen LogP contribution in [0.4, 0.5) is 19.0 Å². The average molecular weight is 454 g/mol. The van der Waals surface area contributed by atoms with Gasteiger partial charge in [0.25, 0.3) is 0 Å². The summed E-state index contributed by atoms with van der Waals surface area (Å²) in [6.45, 7) is 5.80. The number of hydrogen-bond acceptors (Lipinski definition) is 5. The van der Waals surface area contributed by atoms with Crippen molar-refractivity contribution in [1.29, 1.82) is 0 Å². The van der Waals surface area contributed by atoms with E-state index in [-0.39, 0.29) is 18.1 Å². The Kier molecular flexibility index (Phi) is 7.59. The van der Waals surface area contributed by atoms with E-state index >= 15 is 0 Å². The smallest absolute Gasteiger partial charge is 0.389 e. The molecule has 8 heteroatoms. The van der Waals surface area contributed by atoms with E-state index in [2.05, 4.69) is 20.9 Å². The van der Waals surface area contributed by atoms with Crippen LogP contribution in [0.25, 0.3) is 0 Å². The van der Waals surface area contributed by atoms with Gasteiger partial charge in [0, 0.05) is 57.2 Å². The Labute approximate surface area is 188 Å². The zero-order chi connectivity index (χ0) is 22.6. The predicted octanol–water partition coefficient (Wildman–Crippen LogP) is 4.64. The number of anilines is 1. The molecule has 178 valence electrons. The van der Waals surface area contributed by atoms with Gasteiger partial charge in [-0.3, -0.25) is 9.69 Å². The van der Waals surface area contributed by atoms with Gasteiger partial charge in [-0.15, -0.1) is 0 Å². The second-order valence-electron chi connectivity index (χ2n) is 9.58. The lowest BCUT2D eigenvalue weighted by molar-refractivity contribution is -0.143. The number of ether oxygens (including phenoxy) is 1. The van der Waals surface area contributed by atoms with Gasteiger partial charge in [0.05, 0.1) is 13.0 Å². The first-order valence-corrected chi connectivity index (χ1v) is 12.0. The maximum Gasteiger partial charge on any atom is 0.389 e. The van der Waals surface area contributed by atoms with Crippen LogP contribution < -0.4 is 9.64 Å². The standard InChI is InChI=1S/C24H34F3N3O2/c25-24(26,27)9-5-21(31)17-19-3-1-18(2-4-19)7-11-29-12-14-30(15-13-29)23-22-20(6-10-28-23)8-16-32-22/h6,10,18-19H,1-5,7-9,11-17H2. The normalized spacial score (nSPS) is 24.3. The molecule has 1 aromatic heterocycles. The maximum absolute atomic E-state index is 12.3. The van der Waals surface area contributed by atoms with E-state index in [1.54, 1.807) is 0 Å². The molecule has 0 bridgehead atoms. The van der Waals surface area contributed by atoms with Crippen molar-refractivity contribution in [3.63, 3.8) is 0 Å². The molecule has 1 saturated heterocycles. The van der Waals surface area contributed by atoms with Crippen molar-refractivity contribution in [2.45, 2.75) is 64.0 Å². The Bertz CT molecular complexity index is 770. The SMILES string of the molecule is O=C(CCC(F)(F)F)CC1CCC(CCN2CCN(c3nccc4c3OCC4)CC2)CC1. The van der Waals surface area contributed by atoms with Gasteiger partial charge in [-0.1, -0.05) is 12.8 Å². The van der Waals surface area contributed by atoms with E-state index in [0.717, 1.165) is 89.4 Å². The molecule has 1 aromatic rings. The minimum atomic E-state index is -4.23. The minimum absolute atomic E-state index is 0.229. The van der Waals surface area contributed by atoms with Gasteiger partial charge in [-0.25, -0.2) is 4.98 Å². The van der Waals surface area contributed by atoms with Gasteiger partial charge in [0.2, 0.25) is 0 Å². The van der Waals surface area contributed by atoms with E-state index in [4.69, 9.17) is 4.74 Å². The molecule has 0 spiro atoms. The number of halogens is 3. The molecule has 0 N–H and O–H groups in total. The first-order chi connectivity index (χ1) is 15.4. The van der Waals surface area contributed by atoms with Gasteiger partial charge in [0.1, 0.15) is 5.78 Å². The highest BCUT2D eigenvalue weighted by atomic mass is 19.4. The molecule has 2 fully saturated rings. The summed E-state index contributed by atoms with van der Waals surface area (Å²) in [5.41, 5.74) is 1.26. The summed E-state index contributed by atoms with van der Waals surface area (Å²) in [5, 5.41) is 0. The molecule has 2 aliphatic heterocycles. The van der Waals surface area contributed by atoms with Crippen molar-refractivity contribution in [3.8, 4) is 5.75 Å². The highest BCUT2D eigenvalue weighted by molar-refractivity contribution is 5.78. The first kappa shape index (κ1) is 23.3. The number of Topliss-reactive ketones (excluding diaryl/α,β-unsaturated/α-hetero) is 1. The summed E-state index contributed by atoms with van der Waals surface area (Å²) in [6.07, 6.45) is 2.90. The number of fused-ring (bicyclic) bond motifs is 1. The van der Waals surface area contributed by atoms with E-state index in [1.165, 1.54) is 5.56 Å². The Morgan fingerprint density at radius 1 is 1.09 bits per heavy atom. The number of piperazine rings is 1. The molecule has 5 nitrogen and oxygen atoms in total. The Morgan fingerprint density at radius 2 is 1.81 bits per heavy atom. The fourth-order valence-corrected chi connectivity index (χ4v) is 5.30. The Hall–Kier alpha value is -1.83. The van der Waals surface area contributed by atoms with Crippen LogP contribution in [0.2, 0.25) is 0 Å². The molecule has 4 rings (SSSR count). The molecule has 3 aliphatic rings. The van der Waals surface area contributed by atoms with Crippen molar-refractivity contribution in [3.05, 3.63) is 17.8 Å². The summed E-state index contributed by atoms with van der Waals surface area (Å²) < 4.78 is 42.6. The third-order valence-electron chi connectivity index (χ3n) is 7.28. The number of carbonyl (C=O) groups is 1. The third-order valence-corrected chi connectivity index (χ3v) is 7.28. The van der Waals surface area contributed by atoms with Crippen molar-refractivity contribution in [2.75, 3.05) is 44.2 Å². The lowest BCUT2D eigenvalue weighted by Gasteiger charge is -2.37. The summed E-state index contributed by atoms with van der Waals surface area (Å²) >= 11 is 0. The van der Waals surface area contributed by atoms with Crippen LogP contribution in [0.5, 0.6) is 5.75 Å². The summed E-state index contributed by atoms with van der Waals surface area (Å²) in [6, 6.07) is 2.05. The zero-order valence-corrected chi connectivity index (χ0v) is 18.7. The van der Waals surface area contributed by atoms with Crippen LogP contribution in [0.1, 0.15) is 56.9 Å². The number of nitrogens with zero attached hydrogens (tertiary/aromatic N) is 3. The van der Waals surface area contributed by atoms with Gasteiger partial charge in [0.15, 0.2) is 11.6 Å². The lowest BCUT2D eigenvalue weighted by Crippen LogP contribution is -2.47. The number of pyridine rings is 1. The third kappa shape index (κ3) is 6.36. The summed E-state index contributed by atoms with van der Waals surface area (Å²) in [5.74, 6) is 2.67. The number of alkyl halides is 3. The van der Waals surface area contributed by atoms with Gasteiger partial charge < -0.3 is 9.64 Å². The van der Waals surface area contributed by atoms with Crippen molar-refractivity contribution in [2.24, 2.45) is 11.8 Å². The molecular formula is C24H34F3N3O2. The van der Waals surface area contributed by atoms with Crippen LogP contribution in [-0.4, -0.2) is 61.2 Å². The number of hydrogen-bond donors (Lipinski definition) is 0. The highest BCUT2D eigenvalue weighted by Gasteiger charge is 2.30. The minimum Gasteiger partial charge on any atom is -0.489 e. The number of aromatic nitrogens is 1. The second kappa shape index (κ2) is 10.4. The number of rotatable bonds is 8. The molecule has 0 amide bonds. The van der Waals surface area contributed by atoms with Crippen LogP contribution in [-0.2, 0) is 11.2 Å². The van der Waals surface area contributed by atoms with Crippen molar-refractivity contribution >= 4 is 11.6 Å². The van der Waals surface area contributed by atoms with E-state index in [9.17, 15) is 18.0 Å². The zero-order valence-electron chi connectivity index (χ0n) is 18.7. The molecule has 0 radical (unpaired) electrons. The molecule has 1 aliphatic carbocycles. The first-order valence-electron chi connectivity index (χ1n) is 12.0. The molecule has 0 unspecified atom stereocenters. The van der Waals surface area contributed by atoms with Gasteiger partial charge in [-0.05, 0) is 43.7 Å². The molecular weight excluding hydrogens is 419 g/mol. The highest BCUT2D eigenvalue weighted by Crippen LogP contribution is 2.35. The van der Waals surface area contributed by atoms with E-state index < -0.39 is 12.6 Å². The number of carbonyl (C=O) groups excluding carboxylic acids is 1. The topological polar surface area (TPSA) is 45.7 Å². The predicted molar refractivity (Wildman–Crippen MR) is 117 cm³/mol. The lowest BCUT2D eigenvalue weighted by atomic mass is 9.78. The quantitative estimate of drug-likeness (QED) is 0.574. The molecule has 3 heterocycles. The van der Waals surface area contributed by atoms with E-state index in [0.29, 0.717) is 12.3 Å². The average Bonchev–Trinajstić information content (AvgIpc) is 3.26. The number of ketones is 1. The van der Waals surface area contributed by atoms with Crippen LogP contribution >= 0.6 is 0 Å². The van der Waals surface area contributed by atoms with Crippen molar-refractivity contribution in [1.82, 2.24) is 9.88 Å². The van der Waals surface area contributed by atoms with Crippen molar-refractivity contribution < 1.29 is 22.7 Å². The summed E-state index contributed by atoms with van der Waals surface area (Å²) in [4.78, 5) is 21.3. The maximum atomic E-state index is 12.3. The molecule has 0 atom stereocenters. The Morgan fingerprint density at radius 3 is 2.53 bits per heavy atom. The summed E-state index contributed by atoms with van der Waals surface area (Å²) in [7, 11) is 0. The second-order valence-corrected chi connectivity index (χ2v) is 9.58. The molecule has 1 saturated carbocycles.